The Morgan fingerprint density at radius 1 is 1.12 bits per heavy atom. The van der Waals surface area contributed by atoms with Crippen molar-refractivity contribution in [3.05, 3.63) is 39.7 Å². The SMILES string of the molecule is Cc1ccc(NC(C)c2ccc(C)s2)nn1. The van der Waals surface area contributed by atoms with Crippen molar-refractivity contribution in [2.75, 3.05) is 5.32 Å². The molecule has 3 nitrogen and oxygen atoms in total. The lowest BCUT2D eigenvalue weighted by Gasteiger charge is -2.12. The Labute approximate surface area is 99.5 Å². The maximum Gasteiger partial charge on any atom is 0.149 e. The fraction of sp³-hybridized carbons (Fsp3) is 0.333. The summed E-state index contributed by atoms with van der Waals surface area (Å²) in [7, 11) is 0. The Morgan fingerprint density at radius 3 is 2.50 bits per heavy atom. The fourth-order valence-electron chi connectivity index (χ4n) is 1.46. The average molecular weight is 233 g/mol. The number of nitrogens with one attached hydrogen (secondary N) is 1. The number of hydrogen-bond acceptors (Lipinski definition) is 4. The van der Waals surface area contributed by atoms with E-state index in [0.29, 0.717) is 0 Å². The smallest absolute Gasteiger partial charge is 0.149 e. The van der Waals surface area contributed by atoms with Gasteiger partial charge in [-0.15, -0.1) is 16.4 Å². The molecule has 0 fully saturated rings. The van der Waals surface area contributed by atoms with Crippen molar-refractivity contribution in [1.29, 1.82) is 0 Å². The van der Waals surface area contributed by atoms with E-state index in [1.165, 1.54) is 9.75 Å². The van der Waals surface area contributed by atoms with Crippen LogP contribution in [0.5, 0.6) is 0 Å². The fourth-order valence-corrected chi connectivity index (χ4v) is 2.33. The van der Waals surface area contributed by atoms with Gasteiger partial charge in [-0.2, -0.15) is 5.10 Å². The molecule has 0 aromatic carbocycles. The third-order valence-corrected chi connectivity index (χ3v) is 3.53. The predicted octanol–water partition coefficient (Wildman–Crippen LogP) is 3.33. The Balaban J connectivity index is 2.07. The lowest BCUT2D eigenvalue weighted by molar-refractivity contribution is 0.872. The molecule has 0 radical (unpaired) electrons. The number of aryl methyl sites for hydroxylation is 2. The van der Waals surface area contributed by atoms with Crippen LogP contribution in [0.3, 0.4) is 0 Å². The molecule has 2 heterocycles. The first-order valence-electron chi connectivity index (χ1n) is 5.28. The molecule has 1 N–H and O–H groups in total. The van der Waals surface area contributed by atoms with Crippen LogP contribution in [0, 0.1) is 13.8 Å². The van der Waals surface area contributed by atoms with Gasteiger partial charge < -0.3 is 5.32 Å². The van der Waals surface area contributed by atoms with Gasteiger partial charge in [0.05, 0.1) is 11.7 Å². The van der Waals surface area contributed by atoms with E-state index in [2.05, 4.69) is 41.5 Å². The third-order valence-electron chi connectivity index (χ3n) is 2.35. The molecule has 0 aliphatic rings. The van der Waals surface area contributed by atoms with E-state index in [-0.39, 0.29) is 6.04 Å². The Morgan fingerprint density at radius 2 is 1.94 bits per heavy atom. The van der Waals surface area contributed by atoms with Gasteiger partial charge in [0.25, 0.3) is 0 Å². The van der Waals surface area contributed by atoms with Gasteiger partial charge >= 0.3 is 0 Å². The quantitative estimate of drug-likeness (QED) is 0.883. The van der Waals surface area contributed by atoms with E-state index >= 15 is 0 Å². The minimum Gasteiger partial charge on any atom is -0.361 e. The third kappa shape index (κ3) is 2.58. The lowest BCUT2D eigenvalue weighted by Crippen LogP contribution is -2.07. The standard InChI is InChI=1S/C12H15N3S/c1-8-4-7-12(15-14-8)13-10(3)11-6-5-9(2)16-11/h4-7,10H,1-3H3,(H,13,15). The van der Waals surface area contributed by atoms with Crippen LogP contribution in [0.2, 0.25) is 0 Å². The highest BCUT2D eigenvalue weighted by Gasteiger charge is 2.07. The van der Waals surface area contributed by atoms with Gasteiger partial charge in [0.2, 0.25) is 0 Å². The zero-order chi connectivity index (χ0) is 11.5. The van der Waals surface area contributed by atoms with Crippen LogP contribution in [-0.2, 0) is 0 Å². The van der Waals surface area contributed by atoms with Crippen LogP contribution in [0.1, 0.15) is 28.4 Å². The zero-order valence-electron chi connectivity index (χ0n) is 9.69. The van der Waals surface area contributed by atoms with Crippen LogP contribution >= 0.6 is 11.3 Å². The summed E-state index contributed by atoms with van der Waals surface area (Å²) in [5.41, 5.74) is 0.935. The maximum absolute atomic E-state index is 4.09. The molecule has 0 aliphatic heterocycles. The summed E-state index contributed by atoms with van der Waals surface area (Å²) in [4.78, 5) is 2.65. The largest absolute Gasteiger partial charge is 0.361 e. The monoisotopic (exact) mass is 233 g/mol. The first-order chi connectivity index (χ1) is 7.65. The summed E-state index contributed by atoms with van der Waals surface area (Å²) in [5.74, 6) is 0.823. The van der Waals surface area contributed by atoms with Crippen LogP contribution in [-0.4, -0.2) is 10.2 Å². The van der Waals surface area contributed by atoms with Gasteiger partial charge in [-0.05, 0) is 45.0 Å². The van der Waals surface area contributed by atoms with Gasteiger partial charge in [-0.25, -0.2) is 0 Å². The Bertz CT molecular complexity index is 461. The van der Waals surface area contributed by atoms with Crippen molar-refractivity contribution < 1.29 is 0 Å². The van der Waals surface area contributed by atoms with Crippen LogP contribution in [0.4, 0.5) is 5.82 Å². The Hall–Kier alpha value is -1.42. The van der Waals surface area contributed by atoms with Gasteiger partial charge in [0, 0.05) is 9.75 Å². The minimum atomic E-state index is 0.274. The Kier molecular flexibility index (Phi) is 3.19. The first kappa shape index (κ1) is 11.1. The normalized spacial score (nSPS) is 12.4. The molecular formula is C12H15N3S. The van der Waals surface area contributed by atoms with E-state index in [9.17, 15) is 0 Å². The van der Waals surface area contributed by atoms with Gasteiger partial charge in [-0.1, -0.05) is 0 Å². The summed E-state index contributed by atoms with van der Waals surface area (Å²) in [6, 6.07) is 8.48. The highest BCUT2D eigenvalue weighted by Crippen LogP contribution is 2.24. The molecule has 0 saturated carbocycles. The van der Waals surface area contributed by atoms with Crippen molar-refractivity contribution in [2.24, 2.45) is 0 Å². The van der Waals surface area contributed by atoms with Gasteiger partial charge in [-0.3, -0.25) is 0 Å². The lowest BCUT2D eigenvalue weighted by atomic mass is 10.2. The highest BCUT2D eigenvalue weighted by molar-refractivity contribution is 7.12. The topological polar surface area (TPSA) is 37.8 Å². The number of hydrogen-bond donors (Lipinski definition) is 1. The van der Waals surface area contributed by atoms with Gasteiger partial charge in [0.1, 0.15) is 5.82 Å². The number of nitrogens with zero attached hydrogens (tertiary/aromatic N) is 2. The van der Waals surface area contributed by atoms with E-state index < -0.39 is 0 Å². The van der Waals surface area contributed by atoms with Crippen molar-refractivity contribution in [2.45, 2.75) is 26.8 Å². The minimum absolute atomic E-state index is 0.274. The number of aromatic nitrogens is 2. The molecule has 4 heteroatoms. The summed E-state index contributed by atoms with van der Waals surface area (Å²) >= 11 is 1.81. The number of rotatable bonds is 3. The molecule has 0 amide bonds. The number of thiophene rings is 1. The molecule has 0 spiro atoms. The van der Waals surface area contributed by atoms with Crippen molar-refractivity contribution in [1.82, 2.24) is 10.2 Å². The molecule has 1 unspecified atom stereocenters. The number of anilines is 1. The molecule has 0 saturated heterocycles. The molecule has 16 heavy (non-hydrogen) atoms. The molecule has 2 rings (SSSR count). The van der Waals surface area contributed by atoms with Gasteiger partial charge in [0.15, 0.2) is 0 Å². The molecular weight excluding hydrogens is 218 g/mol. The summed E-state index contributed by atoms with van der Waals surface area (Å²) in [6.45, 7) is 6.18. The van der Waals surface area contributed by atoms with Crippen molar-refractivity contribution in [3.63, 3.8) is 0 Å². The van der Waals surface area contributed by atoms with Crippen molar-refractivity contribution >= 4 is 17.2 Å². The summed E-state index contributed by atoms with van der Waals surface area (Å²) in [6.07, 6.45) is 0. The zero-order valence-corrected chi connectivity index (χ0v) is 10.5. The summed E-state index contributed by atoms with van der Waals surface area (Å²) < 4.78 is 0. The van der Waals surface area contributed by atoms with Crippen LogP contribution in [0.15, 0.2) is 24.3 Å². The van der Waals surface area contributed by atoms with E-state index in [1.54, 1.807) is 0 Å². The maximum atomic E-state index is 4.09. The predicted molar refractivity (Wildman–Crippen MR) is 67.9 cm³/mol. The van der Waals surface area contributed by atoms with Crippen LogP contribution < -0.4 is 5.32 Å². The molecule has 2 aromatic rings. The summed E-state index contributed by atoms with van der Waals surface area (Å²) in [5, 5.41) is 11.5. The highest BCUT2D eigenvalue weighted by atomic mass is 32.1. The second kappa shape index (κ2) is 4.61. The van der Waals surface area contributed by atoms with Crippen LogP contribution in [0.25, 0.3) is 0 Å². The molecule has 2 aromatic heterocycles. The molecule has 84 valence electrons. The van der Waals surface area contributed by atoms with E-state index in [4.69, 9.17) is 0 Å². The molecule has 0 aliphatic carbocycles. The second-order valence-corrected chi connectivity index (χ2v) is 5.19. The molecule has 0 bridgehead atoms. The average Bonchev–Trinajstić information content (AvgIpc) is 2.68. The molecule has 1 atom stereocenters. The first-order valence-corrected chi connectivity index (χ1v) is 6.10. The second-order valence-electron chi connectivity index (χ2n) is 3.87. The van der Waals surface area contributed by atoms with E-state index in [0.717, 1.165) is 11.5 Å². The van der Waals surface area contributed by atoms with Crippen molar-refractivity contribution in [3.8, 4) is 0 Å². The van der Waals surface area contributed by atoms with E-state index in [1.807, 2.05) is 30.4 Å².